The molecular weight excluding hydrogens is 326 g/mol. The lowest BCUT2D eigenvalue weighted by Gasteiger charge is -2.21. The van der Waals surface area contributed by atoms with Crippen LogP contribution in [0.5, 0.6) is 0 Å². The Bertz CT molecular complexity index is 862. The summed E-state index contributed by atoms with van der Waals surface area (Å²) < 4.78 is 26.2. The predicted molar refractivity (Wildman–Crippen MR) is 91.1 cm³/mol. The first-order valence-electron chi connectivity index (χ1n) is 7.58. The van der Waals surface area contributed by atoms with Gasteiger partial charge in [-0.05, 0) is 17.7 Å². The molecule has 1 aliphatic rings. The monoisotopic (exact) mass is 343 g/mol. The van der Waals surface area contributed by atoms with Crippen LogP contribution in [0.3, 0.4) is 0 Å². The maximum Gasteiger partial charge on any atom is 0.225 e. The fourth-order valence-electron chi connectivity index (χ4n) is 3.41. The largest absolute Gasteiger partial charge is 0.264 e. The molecule has 3 atom stereocenters. The van der Waals surface area contributed by atoms with E-state index < -0.39 is 27.0 Å². The van der Waals surface area contributed by atoms with E-state index in [1.54, 1.807) is 48.5 Å². The van der Waals surface area contributed by atoms with Gasteiger partial charge in [-0.1, -0.05) is 60.7 Å². The molecule has 2 aromatic carbocycles. The van der Waals surface area contributed by atoms with Crippen molar-refractivity contribution < 1.29 is 13.3 Å². The van der Waals surface area contributed by atoms with Crippen LogP contribution < -0.4 is 0 Å². The summed E-state index contributed by atoms with van der Waals surface area (Å²) in [5.74, 6) is -0.737. The normalized spacial score (nSPS) is 24.0. The second kappa shape index (κ2) is 6.20. The van der Waals surface area contributed by atoms with Gasteiger partial charge in [0.1, 0.15) is 5.25 Å². The molecule has 3 unspecified atom stereocenters. The Morgan fingerprint density at radius 2 is 1.54 bits per heavy atom. The van der Waals surface area contributed by atoms with Gasteiger partial charge in [0.2, 0.25) is 6.04 Å². The van der Waals surface area contributed by atoms with Crippen LogP contribution >= 0.6 is 0 Å². The van der Waals surface area contributed by atoms with Crippen molar-refractivity contribution in [1.82, 2.24) is 0 Å². The third-order valence-electron chi connectivity index (χ3n) is 4.48. The van der Waals surface area contributed by atoms with E-state index in [9.17, 15) is 18.5 Å². The topological polar surface area (TPSA) is 77.3 Å². The minimum absolute atomic E-state index is 0.0727. The maximum absolute atomic E-state index is 13.1. The van der Waals surface area contributed by atoms with Crippen molar-refractivity contribution in [2.24, 2.45) is 0 Å². The molecule has 1 fully saturated rings. The number of nitrogens with zero attached hydrogens (tertiary/aromatic N) is 1. The van der Waals surface area contributed by atoms with Crippen LogP contribution in [0.15, 0.2) is 77.7 Å². The summed E-state index contributed by atoms with van der Waals surface area (Å²) in [6, 6.07) is 15.9. The highest BCUT2D eigenvalue weighted by Crippen LogP contribution is 2.44. The first kappa shape index (κ1) is 16.4. The van der Waals surface area contributed by atoms with Gasteiger partial charge in [0.15, 0.2) is 9.84 Å². The lowest BCUT2D eigenvalue weighted by atomic mass is 9.94. The molecule has 3 rings (SSSR count). The van der Waals surface area contributed by atoms with E-state index in [0.29, 0.717) is 11.1 Å². The number of benzene rings is 2. The van der Waals surface area contributed by atoms with Gasteiger partial charge in [0, 0.05) is 11.3 Å². The molecule has 0 radical (unpaired) electrons. The molecule has 124 valence electrons. The van der Waals surface area contributed by atoms with Crippen LogP contribution in [0.25, 0.3) is 0 Å². The first-order chi connectivity index (χ1) is 11.4. The molecule has 0 aromatic heterocycles. The van der Waals surface area contributed by atoms with E-state index in [-0.39, 0.29) is 16.2 Å². The van der Waals surface area contributed by atoms with Crippen molar-refractivity contribution in [1.29, 1.82) is 0 Å². The number of sulfone groups is 1. The van der Waals surface area contributed by atoms with E-state index in [1.807, 2.05) is 0 Å². The molecule has 5 nitrogen and oxygen atoms in total. The van der Waals surface area contributed by atoms with Crippen molar-refractivity contribution in [2.45, 2.75) is 28.5 Å². The van der Waals surface area contributed by atoms with Crippen LogP contribution in [-0.2, 0) is 9.84 Å². The average molecular weight is 343 g/mol. The second-order valence-corrected chi connectivity index (χ2v) is 8.00. The third-order valence-corrected chi connectivity index (χ3v) is 6.70. The molecule has 1 aliphatic carbocycles. The summed E-state index contributed by atoms with van der Waals surface area (Å²) in [6.07, 6.45) is 0.0727. The lowest BCUT2D eigenvalue weighted by molar-refractivity contribution is -0.523. The lowest BCUT2D eigenvalue weighted by Crippen LogP contribution is -2.32. The van der Waals surface area contributed by atoms with Crippen molar-refractivity contribution in [2.75, 3.05) is 0 Å². The Kier molecular flexibility index (Phi) is 4.24. The minimum atomic E-state index is -3.76. The van der Waals surface area contributed by atoms with Gasteiger partial charge in [-0.3, -0.25) is 10.1 Å². The standard InChI is InChI=1S/C18H17NO4S/c1-13-12-16(19(20)21)17(14-8-4-2-5-9-14)18(13)24(22,23)15-10-6-3-7-11-15/h2-11,16-18H,1,12H2. The molecule has 24 heavy (non-hydrogen) atoms. The molecule has 0 amide bonds. The molecule has 0 bridgehead atoms. The number of nitro groups is 1. The summed E-state index contributed by atoms with van der Waals surface area (Å²) in [5, 5.41) is 10.5. The van der Waals surface area contributed by atoms with Crippen LogP contribution in [-0.4, -0.2) is 24.6 Å². The van der Waals surface area contributed by atoms with Crippen LogP contribution in [0.4, 0.5) is 0 Å². The van der Waals surface area contributed by atoms with E-state index >= 15 is 0 Å². The van der Waals surface area contributed by atoms with Crippen LogP contribution in [0, 0.1) is 10.1 Å². The summed E-state index contributed by atoms with van der Waals surface area (Å²) in [4.78, 5) is 11.3. The summed E-state index contributed by atoms with van der Waals surface area (Å²) >= 11 is 0. The molecule has 0 spiro atoms. The second-order valence-electron chi connectivity index (χ2n) is 5.93. The highest BCUT2D eigenvalue weighted by atomic mass is 32.2. The Morgan fingerprint density at radius 1 is 1.00 bits per heavy atom. The number of rotatable bonds is 4. The molecule has 6 heteroatoms. The zero-order chi connectivity index (χ0) is 17.3. The van der Waals surface area contributed by atoms with E-state index in [0.717, 1.165) is 0 Å². The Balaban J connectivity index is 2.14. The van der Waals surface area contributed by atoms with E-state index in [1.165, 1.54) is 12.1 Å². The molecule has 0 aliphatic heterocycles. The summed E-state index contributed by atoms with van der Waals surface area (Å²) in [7, 11) is -3.76. The summed E-state index contributed by atoms with van der Waals surface area (Å²) in [6.45, 7) is 3.85. The van der Waals surface area contributed by atoms with Crippen molar-refractivity contribution in [3.63, 3.8) is 0 Å². The highest BCUT2D eigenvalue weighted by Gasteiger charge is 2.52. The van der Waals surface area contributed by atoms with Gasteiger partial charge in [-0.2, -0.15) is 0 Å². The molecule has 1 saturated carbocycles. The summed E-state index contributed by atoms with van der Waals surface area (Å²) in [5.41, 5.74) is 1.05. The third kappa shape index (κ3) is 2.73. The van der Waals surface area contributed by atoms with Gasteiger partial charge in [0.25, 0.3) is 0 Å². The molecule has 2 aromatic rings. The highest BCUT2D eigenvalue weighted by molar-refractivity contribution is 7.92. The molecule has 0 N–H and O–H groups in total. The fourth-order valence-corrected chi connectivity index (χ4v) is 5.50. The first-order valence-corrected chi connectivity index (χ1v) is 9.12. The zero-order valence-electron chi connectivity index (χ0n) is 12.9. The van der Waals surface area contributed by atoms with Gasteiger partial charge in [0.05, 0.1) is 10.8 Å². The minimum Gasteiger partial charge on any atom is -0.264 e. The Morgan fingerprint density at radius 3 is 2.08 bits per heavy atom. The smallest absolute Gasteiger partial charge is 0.225 e. The van der Waals surface area contributed by atoms with Crippen LogP contribution in [0.1, 0.15) is 17.9 Å². The predicted octanol–water partition coefficient (Wildman–Crippen LogP) is 3.22. The number of hydrogen-bond acceptors (Lipinski definition) is 4. The zero-order valence-corrected chi connectivity index (χ0v) is 13.7. The van der Waals surface area contributed by atoms with E-state index in [2.05, 4.69) is 6.58 Å². The van der Waals surface area contributed by atoms with Gasteiger partial charge in [-0.25, -0.2) is 8.42 Å². The van der Waals surface area contributed by atoms with Crippen molar-refractivity contribution >= 4 is 9.84 Å². The molecular formula is C18H17NO4S. The molecule has 0 heterocycles. The average Bonchev–Trinajstić information content (AvgIpc) is 2.95. The van der Waals surface area contributed by atoms with Gasteiger partial charge >= 0.3 is 0 Å². The quantitative estimate of drug-likeness (QED) is 0.485. The van der Waals surface area contributed by atoms with Crippen molar-refractivity contribution in [3.05, 3.63) is 88.5 Å². The SMILES string of the molecule is C=C1CC([N+](=O)[O-])C(c2ccccc2)C1S(=O)(=O)c1ccccc1. The number of hydrogen-bond donors (Lipinski definition) is 0. The van der Waals surface area contributed by atoms with Gasteiger partial charge in [-0.15, -0.1) is 0 Å². The van der Waals surface area contributed by atoms with Gasteiger partial charge < -0.3 is 0 Å². The Labute approximate surface area is 140 Å². The molecule has 0 saturated heterocycles. The fraction of sp³-hybridized carbons (Fsp3) is 0.222. The maximum atomic E-state index is 13.1. The van der Waals surface area contributed by atoms with Crippen molar-refractivity contribution in [3.8, 4) is 0 Å². The van der Waals surface area contributed by atoms with E-state index in [4.69, 9.17) is 0 Å². The Hall–Kier alpha value is -2.47. The van der Waals surface area contributed by atoms with Crippen LogP contribution in [0.2, 0.25) is 0 Å².